The van der Waals surface area contributed by atoms with Crippen LogP contribution in [0.2, 0.25) is 0 Å². The predicted octanol–water partition coefficient (Wildman–Crippen LogP) is 4.29. The highest BCUT2D eigenvalue weighted by Crippen LogP contribution is 2.35. The van der Waals surface area contributed by atoms with Gasteiger partial charge < -0.3 is 4.74 Å². The monoisotopic (exact) mass is 275 g/mol. The van der Waals surface area contributed by atoms with Crippen LogP contribution in [0.3, 0.4) is 0 Å². The Kier molecular flexibility index (Phi) is 2.94. The van der Waals surface area contributed by atoms with Crippen molar-refractivity contribution in [2.45, 2.75) is 44.1 Å². The summed E-state index contributed by atoms with van der Waals surface area (Å²) in [6, 6.07) is 8.22. The molecular formula is C16H18ClNO. The fourth-order valence-corrected chi connectivity index (χ4v) is 2.52. The molecule has 2 atom stereocenters. The van der Waals surface area contributed by atoms with E-state index in [0.29, 0.717) is 0 Å². The van der Waals surface area contributed by atoms with Gasteiger partial charge in [0.1, 0.15) is 11.9 Å². The van der Waals surface area contributed by atoms with Gasteiger partial charge in [-0.15, -0.1) is 11.6 Å². The lowest BCUT2D eigenvalue weighted by Gasteiger charge is -2.21. The molecule has 0 bridgehead atoms. The normalized spacial score (nSPS) is 22.5. The maximum atomic E-state index is 5.96. The number of rotatable bonds is 2. The van der Waals surface area contributed by atoms with E-state index >= 15 is 0 Å². The Labute approximate surface area is 118 Å². The molecule has 0 aliphatic heterocycles. The number of fused-ring (bicyclic) bond motifs is 1. The Morgan fingerprint density at radius 3 is 2.63 bits per heavy atom. The lowest BCUT2D eigenvalue weighted by Crippen LogP contribution is -2.12. The quantitative estimate of drug-likeness (QED) is 0.763. The van der Waals surface area contributed by atoms with Crippen LogP contribution in [0.1, 0.15) is 32.8 Å². The summed E-state index contributed by atoms with van der Waals surface area (Å²) < 4.78 is 5.80. The van der Waals surface area contributed by atoms with Crippen molar-refractivity contribution in [3.8, 4) is 5.75 Å². The minimum Gasteiger partial charge on any atom is -0.489 e. The summed E-state index contributed by atoms with van der Waals surface area (Å²) in [6.07, 6.45) is 2.98. The third-order valence-corrected chi connectivity index (χ3v) is 3.93. The molecule has 2 nitrogen and oxygen atoms in total. The highest BCUT2D eigenvalue weighted by atomic mass is 35.5. The molecule has 3 rings (SSSR count). The van der Waals surface area contributed by atoms with E-state index in [1.54, 1.807) is 0 Å². The van der Waals surface area contributed by atoms with Crippen LogP contribution < -0.4 is 4.74 Å². The van der Waals surface area contributed by atoms with E-state index in [4.69, 9.17) is 16.3 Å². The van der Waals surface area contributed by atoms with Gasteiger partial charge in [0.2, 0.25) is 0 Å². The number of halogens is 1. The summed E-state index contributed by atoms with van der Waals surface area (Å²) in [6.45, 7) is 6.65. The molecule has 1 aliphatic rings. The van der Waals surface area contributed by atoms with Gasteiger partial charge in [0.25, 0.3) is 0 Å². The van der Waals surface area contributed by atoms with Crippen molar-refractivity contribution in [3.63, 3.8) is 0 Å². The second-order valence-electron chi connectivity index (χ2n) is 6.20. The molecule has 0 N–H and O–H groups in total. The standard InChI is InChI=1S/C16H18ClNO/c1-16(2,3)12-6-7-18-14-8-10(4-5-11(12)14)19-15-9-13(15)17/h4-8,13,15H,9H2,1-3H3. The molecule has 1 heterocycles. The van der Waals surface area contributed by atoms with Crippen LogP contribution in [0.5, 0.6) is 5.75 Å². The molecule has 2 aromatic rings. The molecule has 1 fully saturated rings. The first-order valence-corrected chi connectivity index (χ1v) is 7.09. The van der Waals surface area contributed by atoms with Gasteiger partial charge in [-0.2, -0.15) is 0 Å². The number of hydrogen-bond acceptors (Lipinski definition) is 2. The zero-order valence-electron chi connectivity index (χ0n) is 11.5. The molecule has 2 unspecified atom stereocenters. The van der Waals surface area contributed by atoms with Crippen molar-refractivity contribution >= 4 is 22.5 Å². The summed E-state index contributed by atoms with van der Waals surface area (Å²) in [4.78, 5) is 4.45. The van der Waals surface area contributed by atoms with Crippen LogP contribution in [0, 0.1) is 0 Å². The minimum atomic E-state index is 0.112. The Bertz CT molecular complexity index is 618. The van der Waals surface area contributed by atoms with Crippen molar-refractivity contribution in [2.24, 2.45) is 0 Å². The molecule has 100 valence electrons. The van der Waals surface area contributed by atoms with Crippen LogP contribution in [0.4, 0.5) is 0 Å². The highest BCUT2D eigenvalue weighted by Gasteiger charge is 2.37. The number of hydrogen-bond donors (Lipinski definition) is 0. The van der Waals surface area contributed by atoms with Crippen molar-refractivity contribution in [1.29, 1.82) is 0 Å². The Morgan fingerprint density at radius 1 is 1.26 bits per heavy atom. The Balaban J connectivity index is 2.00. The van der Waals surface area contributed by atoms with Gasteiger partial charge in [-0.1, -0.05) is 20.8 Å². The zero-order valence-corrected chi connectivity index (χ0v) is 12.2. The topological polar surface area (TPSA) is 22.1 Å². The van der Waals surface area contributed by atoms with Crippen molar-refractivity contribution < 1.29 is 4.74 Å². The maximum Gasteiger partial charge on any atom is 0.121 e. The van der Waals surface area contributed by atoms with Crippen LogP contribution in [0.15, 0.2) is 30.5 Å². The van der Waals surface area contributed by atoms with Crippen LogP contribution in [0.25, 0.3) is 10.9 Å². The third kappa shape index (κ3) is 2.55. The first-order chi connectivity index (χ1) is 8.95. The summed E-state index contributed by atoms with van der Waals surface area (Å²) in [5, 5.41) is 1.37. The number of benzene rings is 1. The van der Waals surface area contributed by atoms with Gasteiger partial charge in [-0.3, -0.25) is 4.98 Å². The number of ether oxygens (including phenoxy) is 1. The fraction of sp³-hybridized carbons (Fsp3) is 0.438. The minimum absolute atomic E-state index is 0.112. The van der Waals surface area contributed by atoms with Crippen LogP contribution in [-0.4, -0.2) is 16.5 Å². The molecule has 0 amide bonds. The molecule has 0 spiro atoms. The van der Waals surface area contributed by atoms with Crippen molar-refractivity contribution in [2.75, 3.05) is 0 Å². The van der Waals surface area contributed by atoms with E-state index in [0.717, 1.165) is 17.7 Å². The van der Waals surface area contributed by atoms with E-state index in [9.17, 15) is 0 Å². The van der Waals surface area contributed by atoms with E-state index < -0.39 is 0 Å². The van der Waals surface area contributed by atoms with Gasteiger partial charge in [0, 0.05) is 24.1 Å². The molecule has 1 aliphatic carbocycles. The van der Waals surface area contributed by atoms with E-state index in [2.05, 4.69) is 37.9 Å². The second kappa shape index (κ2) is 4.38. The highest BCUT2D eigenvalue weighted by molar-refractivity contribution is 6.23. The van der Waals surface area contributed by atoms with Gasteiger partial charge in [-0.25, -0.2) is 0 Å². The first-order valence-electron chi connectivity index (χ1n) is 6.65. The van der Waals surface area contributed by atoms with Crippen molar-refractivity contribution in [3.05, 3.63) is 36.0 Å². The Morgan fingerprint density at radius 2 is 2.00 bits per heavy atom. The molecule has 1 aromatic heterocycles. The molecule has 19 heavy (non-hydrogen) atoms. The van der Waals surface area contributed by atoms with Gasteiger partial charge in [-0.05, 0) is 29.2 Å². The maximum absolute atomic E-state index is 5.96. The molecular weight excluding hydrogens is 258 g/mol. The van der Waals surface area contributed by atoms with Gasteiger partial charge in [0.15, 0.2) is 0 Å². The number of nitrogens with zero attached hydrogens (tertiary/aromatic N) is 1. The average molecular weight is 276 g/mol. The smallest absolute Gasteiger partial charge is 0.121 e. The van der Waals surface area contributed by atoms with E-state index in [1.165, 1.54) is 10.9 Å². The lowest BCUT2D eigenvalue weighted by molar-refractivity contribution is 0.304. The number of alkyl halides is 1. The van der Waals surface area contributed by atoms with E-state index in [1.807, 2.05) is 18.3 Å². The number of pyridine rings is 1. The molecule has 3 heteroatoms. The first kappa shape index (κ1) is 12.7. The third-order valence-electron chi connectivity index (χ3n) is 3.47. The Hall–Kier alpha value is -1.28. The fourth-order valence-electron chi connectivity index (χ4n) is 2.30. The summed E-state index contributed by atoms with van der Waals surface area (Å²) in [5.41, 5.74) is 2.41. The zero-order chi connectivity index (χ0) is 13.6. The average Bonchev–Trinajstić information content (AvgIpc) is 3.02. The SMILES string of the molecule is CC(C)(C)c1ccnc2cc(OC3CC3Cl)ccc12. The number of aromatic nitrogens is 1. The predicted molar refractivity (Wildman–Crippen MR) is 79.1 cm³/mol. The molecule has 0 radical (unpaired) electrons. The molecule has 0 saturated heterocycles. The molecule has 1 saturated carbocycles. The second-order valence-corrected chi connectivity index (χ2v) is 6.76. The largest absolute Gasteiger partial charge is 0.489 e. The lowest BCUT2D eigenvalue weighted by atomic mass is 9.85. The van der Waals surface area contributed by atoms with Gasteiger partial charge >= 0.3 is 0 Å². The van der Waals surface area contributed by atoms with Crippen LogP contribution in [-0.2, 0) is 5.41 Å². The van der Waals surface area contributed by atoms with E-state index in [-0.39, 0.29) is 16.9 Å². The van der Waals surface area contributed by atoms with Gasteiger partial charge in [0.05, 0.1) is 10.9 Å². The van der Waals surface area contributed by atoms with Crippen molar-refractivity contribution in [1.82, 2.24) is 4.98 Å². The summed E-state index contributed by atoms with van der Waals surface area (Å²) in [7, 11) is 0. The van der Waals surface area contributed by atoms with Crippen LogP contribution >= 0.6 is 11.6 Å². The summed E-state index contributed by atoms with van der Waals surface area (Å²) in [5.74, 6) is 0.860. The molecule has 1 aromatic carbocycles. The summed E-state index contributed by atoms with van der Waals surface area (Å²) >= 11 is 5.96.